The van der Waals surface area contributed by atoms with Crippen LogP contribution in [0.15, 0.2) is 48.9 Å². The number of carbonyl (C=O) groups excluding carboxylic acids is 1. The van der Waals surface area contributed by atoms with Crippen LogP contribution in [-0.2, 0) is 17.9 Å². The first-order chi connectivity index (χ1) is 15.0. The fraction of sp³-hybridized carbons (Fsp3) is 0.348. The van der Waals surface area contributed by atoms with E-state index in [1.165, 1.54) is 12.1 Å². The molecule has 4 rings (SSSR count). The molecule has 1 amide bonds. The number of hydrogen-bond acceptors (Lipinski definition) is 5. The maximum absolute atomic E-state index is 13.1. The summed E-state index contributed by atoms with van der Waals surface area (Å²) in [4.78, 5) is 20.6. The number of rotatable bonds is 8. The maximum Gasteiger partial charge on any atom is 0.246 e. The van der Waals surface area contributed by atoms with Crippen molar-refractivity contribution in [1.29, 1.82) is 0 Å². The van der Waals surface area contributed by atoms with Crippen LogP contribution in [0.1, 0.15) is 30.9 Å². The Morgan fingerprint density at radius 1 is 1.13 bits per heavy atom. The minimum absolute atomic E-state index is 0.0830. The molecule has 0 aliphatic carbocycles. The molecule has 7 nitrogen and oxygen atoms in total. The molecule has 0 spiro atoms. The first-order valence-corrected chi connectivity index (χ1v) is 10.5. The number of fused-ring (bicyclic) bond motifs is 1. The number of halogens is 1. The van der Waals surface area contributed by atoms with Crippen LogP contribution in [0.3, 0.4) is 0 Å². The van der Waals surface area contributed by atoms with Crippen LogP contribution >= 0.6 is 0 Å². The van der Waals surface area contributed by atoms with E-state index in [-0.39, 0.29) is 11.7 Å². The van der Waals surface area contributed by atoms with Gasteiger partial charge in [0.2, 0.25) is 5.91 Å². The van der Waals surface area contributed by atoms with Gasteiger partial charge < -0.3 is 15.1 Å². The predicted molar refractivity (Wildman–Crippen MR) is 120 cm³/mol. The average Bonchev–Trinajstić information content (AvgIpc) is 3.22. The molecule has 8 heteroatoms. The molecule has 1 aliphatic heterocycles. The minimum Gasteiger partial charge on any atom is -0.366 e. The van der Waals surface area contributed by atoms with Crippen molar-refractivity contribution in [3.63, 3.8) is 0 Å². The Bertz CT molecular complexity index is 1050. The Morgan fingerprint density at radius 2 is 1.94 bits per heavy atom. The molecule has 162 valence electrons. The zero-order valence-corrected chi connectivity index (χ0v) is 17.9. The van der Waals surface area contributed by atoms with Crippen molar-refractivity contribution < 1.29 is 9.18 Å². The summed E-state index contributed by atoms with van der Waals surface area (Å²) in [5.74, 6) is 0.601. The van der Waals surface area contributed by atoms with Gasteiger partial charge >= 0.3 is 0 Å². The average molecular weight is 423 g/mol. The predicted octanol–water partition coefficient (Wildman–Crippen LogP) is 3.66. The third kappa shape index (κ3) is 4.84. The van der Waals surface area contributed by atoms with Gasteiger partial charge in [0.05, 0.1) is 36.9 Å². The Kier molecular flexibility index (Phi) is 6.16. The number of pyridine rings is 1. The SMILES string of the molecule is CCCCN1CC(=O)N(C)c2cnc(NCc3cnn(Cc4ccc(F)cc4)c3)cc21. The number of anilines is 3. The van der Waals surface area contributed by atoms with Crippen molar-refractivity contribution >= 4 is 23.1 Å². The molecule has 0 unspecified atom stereocenters. The second-order valence-corrected chi connectivity index (χ2v) is 7.81. The van der Waals surface area contributed by atoms with Crippen LogP contribution < -0.4 is 15.1 Å². The van der Waals surface area contributed by atoms with Crippen molar-refractivity contribution in [2.75, 3.05) is 35.3 Å². The fourth-order valence-corrected chi connectivity index (χ4v) is 3.64. The lowest BCUT2D eigenvalue weighted by atomic mass is 10.2. The molecule has 0 radical (unpaired) electrons. The van der Waals surface area contributed by atoms with Crippen molar-refractivity contribution in [1.82, 2.24) is 14.8 Å². The molecule has 0 fully saturated rings. The summed E-state index contributed by atoms with van der Waals surface area (Å²) in [6.45, 7) is 4.56. The third-order valence-electron chi connectivity index (χ3n) is 5.46. The van der Waals surface area contributed by atoms with E-state index in [2.05, 4.69) is 27.2 Å². The Morgan fingerprint density at radius 3 is 2.71 bits per heavy atom. The number of amides is 1. The number of likely N-dealkylation sites (N-methyl/N-ethyl adjacent to an activating group) is 1. The van der Waals surface area contributed by atoms with Crippen molar-refractivity contribution in [2.24, 2.45) is 0 Å². The highest BCUT2D eigenvalue weighted by molar-refractivity contribution is 6.02. The van der Waals surface area contributed by atoms with E-state index < -0.39 is 0 Å². The number of nitrogens with zero attached hydrogens (tertiary/aromatic N) is 5. The standard InChI is InChI=1S/C23H27FN6O/c1-3-4-9-29-16-23(31)28(2)21-13-26-22(10-20(21)29)25-11-18-12-27-30(15-18)14-17-5-7-19(24)8-6-17/h5-8,10,12-13,15H,3-4,9,11,14,16H2,1-2H3,(H,25,26). The quantitative estimate of drug-likeness (QED) is 0.600. The molecule has 1 aromatic carbocycles. The van der Waals surface area contributed by atoms with E-state index in [9.17, 15) is 9.18 Å². The lowest BCUT2D eigenvalue weighted by molar-refractivity contribution is -0.117. The number of hydrogen-bond donors (Lipinski definition) is 1. The highest BCUT2D eigenvalue weighted by Crippen LogP contribution is 2.34. The van der Waals surface area contributed by atoms with Gasteiger partial charge in [0.1, 0.15) is 11.6 Å². The number of aromatic nitrogens is 3. The second-order valence-electron chi connectivity index (χ2n) is 7.81. The van der Waals surface area contributed by atoms with Gasteiger partial charge in [-0.3, -0.25) is 9.48 Å². The van der Waals surface area contributed by atoms with E-state index >= 15 is 0 Å². The van der Waals surface area contributed by atoms with Gasteiger partial charge in [-0.25, -0.2) is 9.37 Å². The summed E-state index contributed by atoms with van der Waals surface area (Å²) in [5.41, 5.74) is 3.88. The van der Waals surface area contributed by atoms with Gasteiger partial charge in [-0.15, -0.1) is 0 Å². The summed E-state index contributed by atoms with van der Waals surface area (Å²) in [6.07, 6.45) is 7.65. The van der Waals surface area contributed by atoms with Crippen LogP contribution in [0.4, 0.5) is 21.6 Å². The van der Waals surface area contributed by atoms with Crippen molar-refractivity contribution in [3.8, 4) is 0 Å². The molecule has 0 saturated heterocycles. The first kappa shape index (κ1) is 20.8. The second kappa shape index (κ2) is 9.16. The molecule has 3 aromatic rings. The Balaban J connectivity index is 1.43. The summed E-state index contributed by atoms with van der Waals surface area (Å²) in [5, 5.41) is 7.74. The molecule has 1 N–H and O–H groups in total. The number of carbonyl (C=O) groups is 1. The lowest BCUT2D eigenvalue weighted by Crippen LogP contribution is -2.44. The summed E-state index contributed by atoms with van der Waals surface area (Å²) >= 11 is 0. The zero-order chi connectivity index (χ0) is 21.8. The molecule has 0 atom stereocenters. The largest absolute Gasteiger partial charge is 0.366 e. The van der Waals surface area contributed by atoms with E-state index in [4.69, 9.17) is 0 Å². The normalized spacial score (nSPS) is 13.5. The number of unbranched alkanes of at least 4 members (excludes halogenated alkanes) is 1. The molecule has 3 heterocycles. The van der Waals surface area contributed by atoms with Crippen LogP contribution in [0.25, 0.3) is 0 Å². The van der Waals surface area contributed by atoms with Gasteiger partial charge in [-0.2, -0.15) is 5.10 Å². The van der Waals surface area contributed by atoms with Crippen molar-refractivity contribution in [3.05, 3.63) is 65.9 Å². The van der Waals surface area contributed by atoms with Gasteiger partial charge in [0, 0.05) is 38.0 Å². The molecule has 0 bridgehead atoms. The Hall–Kier alpha value is -3.42. The maximum atomic E-state index is 13.1. The third-order valence-corrected chi connectivity index (χ3v) is 5.46. The lowest BCUT2D eigenvalue weighted by Gasteiger charge is -2.35. The minimum atomic E-state index is -0.240. The smallest absolute Gasteiger partial charge is 0.246 e. The summed E-state index contributed by atoms with van der Waals surface area (Å²) in [7, 11) is 1.79. The van der Waals surface area contributed by atoms with Gasteiger partial charge in [-0.1, -0.05) is 25.5 Å². The number of benzene rings is 1. The van der Waals surface area contributed by atoms with Gasteiger partial charge in [-0.05, 0) is 24.1 Å². The monoisotopic (exact) mass is 422 g/mol. The van der Waals surface area contributed by atoms with E-state index in [1.54, 1.807) is 30.3 Å². The van der Waals surface area contributed by atoms with Crippen LogP contribution in [0.2, 0.25) is 0 Å². The first-order valence-electron chi connectivity index (χ1n) is 10.5. The van der Waals surface area contributed by atoms with E-state index in [0.717, 1.165) is 47.7 Å². The molecule has 2 aromatic heterocycles. The highest BCUT2D eigenvalue weighted by Gasteiger charge is 2.27. The van der Waals surface area contributed by atoms with Crippen molar-refractivity contribution in [2.45, 2.75) is 32.9 Å². The van der Waals surface area contributed by atoms with Crippen LogP contribution in [-0.4, -0.2) is 40.8 Å². The van der Waals surface area contributed by atoms with Gasteiger partial charge in [0.25, 0.3) is 0 Å². The molecule has 0 saturated carbocycles. The molecular weight excluding hydrogens is 395 g/mol. The van der Waals surface area contributed by atoms with Crippen LogP contribution in [0.5, 0.6) is 0 Å². The zero-order valence-electron chi connectivity index (χ0n) is 17.9. The number of nitrogens with one attached hydrogen (secondary N) is 1. The summed E-state index contributed by atoms with van der Waals surface area (Å²) in [6, 6.07) is 8.45. The Labute approximate surface area is 181 Å². The van der Waals surface area contributed by atoms with E-state index in [0.29, 0.717) is 19.6 Å². The van der Waals surface area contributed by atoms with Gasteiger partial charge in [0.15, 0.2) is 0 Å². The molecule has 1 aliphatic rings. The topological polar surface area (TPSA) is 66.3 Å². The fourth-order valence-electron chi connectivity index (χ4n) is 3.64. The molecule has 31 heavy (non-hydrogen) atoms. The van der Waals surface area contributed by atoms with Crippen LogP contribution in [0, 0.1) is 5.82 Å². The highest BCUT2D eigenvalue weighted by atomic mass is 19.1. The summed E-state index contributed by atoms with van der Waals surface area (Å²) < 4.78 is 14.9. The van der Waals surface area contributed by atoms with E-state index in [1.807, 2.05) is 23.1 Å². The molecular formula is C23H27FN6O.